The molecule has 0 amide bonds. The maximum Gasteiger partial charge on any atom is 0.000495 e. The van der Waals surface area contributed by atoms with Gasteiger partial charge in [0.25, 0.3) is 0 Å². The van der Waals surface area contributed by atoms with Crippen molar-refractivity contribution >= 4 is 0 Å². The van der Waals surface area contributed by atoms with Gasteiger partial charge in [-0.25, -0.2) is 0 Å². The Labute approximate surface area is 71.6 Å². The molecule has 0 aromatic carbocycles. The van der Waals surface area contributed by atoms with E-state index in [2.05, 4.69) is 33.0 Å². The van der Waals surface area contributed by atoms with Crippen molar-refractivity contribution in [3.05, 3.63) is 0 Å². The van der Waals surface area contributed by atoms with E-state index in [-0.39, 0.29) is 0 Å². The lowest BCUT2D eigenvalue weighted by molar-refractivity contribution is 0.282. The first-order valence-electron chi connectivity index (χ1n) is 4.89. The Morgan fingerprint density at radius 2 is 1.64 bits per heavy atom. The van der Waals surface area contributed by atoms with Crippen molar-refractivity contribution in [2.45, 2.75) is 47.0 Å². The highest BCUT2D eigenvalue weighted by Gasteiger charge is 2.17. The zero-order valence-electron chi connectivity index (χ0n) is 8.54. The van der Waals surface area contributed by atoms with Gasteiger partial charge in [0.15, 0.2) is 0 Å². The van der Waals surface area contributed by atoms with Crippen molar-refractivity contribution in [2.75, 3.05) is 13.1 Å². The van der Waals surface area contributed by atoms with Gasteiger partial charge in [-0.3, -0.25) is 0 Å². The molecule has 0 aromatic rings. The normalized spacial score (nSPS) is 12.0. The molecular weight excluding hydrogens is 134 g/mol. The summed E-state index contributed by atoms with van der Waals surface area (Å²) in [5, 5.41) is 3.48. The average Bonchev–Trinajstić information content (AvgIpc) is 2.05. The van der Waals surface area contributed by atoms with E-state index in [1.165, 1.54) is 25.8 Å². The molecule has 0 atom stereocenters. The molecule has 0 unspecified atom stereocenters. The molecule has 0 aliphatic heterocycles. The Kier molecular flexibility index (Phi) is 5.57. The van der Waals surface area contributed by atoms with Gasteiger partial charge in [-0.15, -0.1) is 0 Å². The molecule has 0 aliphatic carbocycles. The summed E-state index contributed by atoms with van der Waals surface area (Å²) in [5.74, 6) is 0. The molecule has 1 heteroatoms. The van der Waals surface area contributed by atoms with Gasteiger partial charge in [0.1, 0.15) is 0 Å². The molecule has 68 valence electrons. The predicted molar refractivity (Wildman–Crippen MR) is 51.8 cm³/mol. The Hall–Kier alpha value is -0.0400. The molecule has 0 aliphatic rings. The number of hydrogen-bond acceptors (Lipinski definition) is 1. The molecule has 1 N–H and O–H groups in total. The zero-order valence-corrected chi connectivity index (χ0v) is 8.54. The van der Waals surface area contributed by atoms with E-state index < -0.39 is 0 Å². The summed E-state index contributed by atoms with van der Waals surface area (Å²) in [7, 11) is 0. The van der Waals surface area contributed by atoms with E-state index in [0.717, 1.165) is 6.54 Å². The van der Waals surface area contributed by atoms with Gasteiger partial charge in [0, 0.05) is 6.54 Å². The first-order valence-corrected chi connectivity index (χ1v) is 4.89. The molecule has 1 nitrogen and oxygen atoms in total. The molecule has 0 radical (unpaired) electrons. The highest BCUT2D eigenvalue weighted by Crippen LogP contribution is 2.23. The van der Waals surface area contributed by atoms with Gasteiger partial charge < -0.3 is 5.32 Å². The molecule has 0 saturated heterocycles. The fraction of sp³-hybridized carbons (Fsp3) is 1.00. The monoisotopic (exact) mass is 157 g/mol. The first kappa shape index (κ1) is 11.0. The van der Waals surface area contributed by atoms with Crippen LogP contribution in [-0.4, -0.2) is 13.1 Å². The van der Waals surface area contributed by atoms with Crippen LogP contribution in [0.15, 0.2) is 0 Å². The minimum atomic E-state index is 0.523. The van der Waals surface area contributed by atoms with Gasteiger partial charge in [0.05, 0.1) is 0 Å². The molecule has 11 heavy (non-hydrogen) atoms. The predicted octanol–water partition coefficient (Wildman–Crippen LogP) is 2.81. The molecule has 0 heterocycles. The Morgan fingerprint density at radius 3 is 2.00 bits per heavy atom. The summed E-state index contributed by atoms with van der Waals surface area (Å²) in [5.41, 5.74) is 0.523. The van der Waals surface area contributed by atoms with E-state index in [9.17, 15) is 0 Å². The smallest absolute Gasteiger partial charge is 0.000495 e. The van der Waals surface area contributed by atoms with E-state index in [1.54, 1.807) is 0 Å². The Bertz CT molecular complexity index is 84.9. The average molecular weight is 157 g/mol. The number of nitrogens with one attached hydrogen (secondary N) is 1. The van der Waals surface area contributed by atoms with Crippen LogP contribution in [-0.2, 0) is 0 Å². The van der Waals surface area contributed by atoms with Crippen LogP contribution in [0.25, 0.3) is 0 Å². The number of hydrogen-bond donors (Lipinski definition) is 1. The Morgan fingerprint density at radius 1 is 1.09 bits per heavy atom. The lowest BCUT2D eigenvalue weighted by Crippen LogP contribution is -2.31. The molecule has 0 aromatic heterocycles. The highest BCUT2D eigenvalue weighted by molar-refractivity contribution is 4.72. The molecule has 0 saturated carbocycles. The van der Waals surface area contributed by atoms with Crippen molar-refractivity contribution in [1.29, 1.82) is 0 Å². The van der Waals surface area contributed by atoms with Crippen molar-refractivity contribution in [2.24, 2.45) is 5.41 Å². The first-order chi connectivity index (χ1) is 5.18. The van der Waals surface area contributed by atoms with Crippen molar-refractivity contribution < 1.29 is 0 Å². The quantitative estimate of drug-likeness (QED) is 0.585. The van der Waals surface area contributed by atoms with Crippen LogP contribution in [0, 0.1) is 5.41 Å². The van der Waals surface area contributed by atoms with Gasteiger partial charge in [-0.1, -0.05) is 27.7 Å². The minimum absolute atomic E-state index is 0.523. The third-order valence-corrected chi connectivity index (χ3v) is 2.69. The molecule has 0 spiro atoms. The van der Waals surface area contributed by atoms with Crippen LogP contribution in [0.4, 0.5) is 0 Å². The van der Waals surface area contributed by atoms with Crippen molar-refractivity contribution in [1.82, 2.24) is 5.32 Å². The van der Waals surface area contributed by atoms with Crippen LogP contribution < -0.4 is 5.32 Å². The maximum absolute atomic E-state index is 3.48. The minimum Gasteiger partial charge on any atom is -0.316 e. The van der Waals surface area contributed by atoms with Crippen LogP contribution >= 0.6 is 0 Å². The van der Waals surface area contributed by atoms with Crippen LogP contribution in [0.5, 0.6) is 0 Å². The van der Waals surface area contributed by atoms with Gasteiger partial charge in [-0.05, 0) is 31.2 Å². The SMILES string of the molecule is CCCNCC(C)(CC)CC. The summed E-state index contributed by atoms with van der Waals surface area (Å²) in [6, 6.07) is 0. The largest absolute Gasteiger partial charge is 0.316 e. The highest BCUT2D eigenvalue weighted by atomic mass is 14.9. The maximum atomic E-state index is 3.48. The fourth-order valence-corrected chi connectivity index (χ4v) is 1.07. The summed E-state index contributed by atoms with van der Waals surface area (Å²) in [4.78, 5) is 0. The Balaban J connectivity index is 3.51. The molecular formula is C10H23N. The van der Waals surface area contributed by atoms with Crippen LogP contribution in [0.2, 0.25) is 0 Å². The molecule has 0 rings (SSSR count). The van der Waals surface area contributed by atoms with Gasteiger partial charge >= 0.3 is 0 Å². The van der Waals surface area contributed by atoms with Crippen molar-refractivity contribution in [3.8, 4) is 0 Å². The third-order valence-electron chi connectivity index (χ3n) is 2.69. The third kappa shape index (κ3) is 4.41. The van der Waals surface area contributed by atoms with Crippen molar-refractivity contribution in [3.63, 3.8) is 0 Å². The van der Waals surface area contributed by atoms with E-state index in [4.69, 9.17) is 0 Å². The summed E-state index contributed by atoms with van der Waals surface area (Å²) in [6.45, 7) is 11.5. The second-order valence-electron chi connectivity index (χ2n) is 3.69. The molecule has 0 fully saturated rings. The van der Waals surface area contributed by atoms with Crippen LogP contribution in [0.3, 0.4) is 0 Å². The summed E-state index contributed by atoms with van der Waals surface area (Å²) < 4.78 is 0. The lowest BCUT2D eigenvalue weighted by atomic mass is 9.85. The van der Waals surface area contributed by atoms with Gasteiger partial charge in [-0.2, -0.15) is 0 Å². The second kappa shape index (κ2) is 5.59. The molecule has 0 bridgehead atoms. The topological polar surface area (TPSA) is 12.0 Å². The number of rotatable bonds is 6. The lowest BCUT2D eigenvalue weighted by Gasteiger charge is -2.26. The second-order valence-corrected chi connectivity index (χ2v) is 3.69. The zero-order chi connectivity index (χ0) is 8.74. The van der Waals surface area contributed by atoms with E-state index in [1.807, 2.05) is 0 Å². The standard InChI is InChI=1S/C10H23N/c1-5-8-11-9-10(4,6-2)7-3/h11H,5-9H2,1-4H3. The van der Waals surface area contributed by atoms with E-state index >= 15 is 0 Å². The van der Waals surface area contributed by atoms with Gasteiger partial charge in [0.2, 0.25) is 0 Å². The fourth-order valence-electron chi connectivity index (χ4n) is 1.07. The van der Waals surface area contributed by atoms with Crippen LogP contribution in [0.1, 0.15) is 47.0 Å². The van der Waals surface area contributed by atoms with E-state index in [0.29, 0.717) is 5.41 Å². The summed E-state index contributed by atoms with van der Waals surface area (Å²) >= 11 is 0. The summed E-state index contributed by atoms with van der Waals surface area (Å²) in [6.07, 6.45) is 3.80.